The highest BCUT2D eigenvalue weighted by molar-refractivity contribution is 7.95. The van der Waals surface area contributed by atoms with Crippen LogP contribution >= 0.6 is 0 Å². The van der Waals surface area contributed by atoms with Gasteiger partial charge in [0.05, 0.1) is 10.5 Å². The first-order chi connectivity index (χ1) is 14.9. The molecule has 1 aliphatic heterocycles. The highest BCUT2D eigenvalue weighted by Crippen LogP contribution is 2.24. The maximum Gasteiger partial charge on any atom is 0.267 e. The summed E-state index contributed by atoms with van der Waals surface area (Å²) in [5, 5.41) is 9.68. The third kappa shape index (κ3) is 3.95. The average molecular weight is 436 g/mol. The molecule has 0 unspecified atom stereocenters. The highest BCUT2D eigenvalue weighted by atomic mass is 32.2. The van der Waals surface area contributed by atoms with Crippen LogP contribution in [0.5, 0.6) is 0 Å². The summed E-state index contributed by atoms with van der Waals surface area (Å²) < 4.78 is 27.4. The zero-order valence-corrected chi connectivity index (χ0v) is 17.8. The Kier molecular flexibility index (Phi) is 5.59. The predicted octanol–water partition coefficient (Wildman–Crippen LogP) is 1.78. The van der Waals surface area contributed by atoms with Crippen LogP contribution in [0.2, 0.25) is 0 Å². The molecule has 0 N–H and O–H groups in total. The monoisotopic (exact) mass is 435 g/mol. The lowest BCUT2D eigenvalue weighted by Crippen LogP contribution is -2.45. The Morgan fingerprint density at radius 3 is 2.42 bits per heavy atom. The third-order valence-corrected chi connectivity index (χ3v) is 6.96. The lowest BCUT2D eigenvalue weighted by molar-refractivity contribution is 0.312. The number of likely N-dealkylation sites (N-methyl/N-ethyl adjacent to an activating group) is 1. The number of benzene rings is 1. The molecular formula is C22H21N5O3S. The molecule has 0 radical (unpaired) electrons. The summed E-state index contributed by atoms with van der Waals surface area (Å²) in [6, 6.07) is 14.7. The van der Waals surface area contributed by atoms with E-state index >= 15 is 0 Å². The number of hydrogen-bond acceptors (Lipinski definition) is 7. The fraction of sp³-hybridized carbons (Fsp3) is 0.227. The standard InChI is InChI=1S/C22H21N5O3S/c1-25-11-13-26(14-12-25)21-19(22(28)27-10-6-5-9-20(27)24-21)15-18(16-23)31(29,30)17-7-3-2-4-8-17/h2-10,15H,11-14H2,1H3/b18-15+. The van der Waals surface area contributed by atoms with Crippen molar-refractivity contribution in [3.05, 3.63) is 75.6 Å². The van der Waals surface area contributed by atoms with E-state index in [0.717, 1.165) is 19.2 Å². The van der Waals surface area contributed by atoms with E-state index in [-0.39, 0.29) is 10.5 Å². The van der Waals surface area contributed by atoms with E-state index in [0.29, 0.717) is 24.6 Å². The molecule has 1 saturated heterocycles. The van der Waals surface area contributed by atoms with E-state index < -0.39 is 20.3 Å². The topological polar surface area (TPSA) is 98.8 Å². The molecule has 3 aromatic rings. The van der Waals surface area contributed by atoms with Gasteiger partial charge < -0.3 is 9.80 Å². The predicted molar refractivity (Wildman–Crippen MR) is 118 cm³/mol. The normalized spacial score (nSPS) is 15.7. The van der Waals surface area contributed by atoms with Gasteiger partial charge in [-0.2, -0.15) is 5.26 Å². The van der Waals surface area contributed by atoms with Gasteiger partial charge in [0.25, 0.3) is 5.56 Å². The van der Waals surface area contributed by atoms with Gasteiger partial charge in [-0.25, -0.2) is 13.4 Å². The quantitative estimate of drug-likeness (QED) is 0.576. The summed E-state index contributed by atoms with van der Waals surface area (Å²) in [7, 11) is -2.06. The molecule has 8 nitrogen and oxygen atoms in total. The summed E-state index contributed by atoms with van der Waals surface area (Å²) in [5.74, 6) is 0.389. The third-order valence-electron chi connectivity index (χ3n) is 5.28. The largest absolute Gasteiger partial charge is 0.353 e. The number of rotatable bonds is 4. The summed E-state index contributed by atoms with van der Waals surface area (Å²) in [6.45, 7) is 2.85. The lowest BCUT2D eigenvalue weighted by Gasteiger charge is -2.34. The van der Waals surface area contributed by atoms with Crippen LogP contribution in [0.1, 0.15) is 5.56 Å². The minimum Gasteiger partial charge on any atom is -0.353 e. The van der Waals surface area contributed by atoms with Gasteiger partial charge in [-0.1, -0.05) is 24.3 Å². The van der Waals surface area contributed by atoms with Crippen molar-refractivity contribution >= 4 is 27.4 Å². The minimum absolute atomic E-state index is 0.00204. The van der Waals surface area contributed by atoms with Crippen LogP contribution in [0, 0.1) is 11.3 Å². The molecule has 0 saturated carbocycles. The van der Waals surface area contributed by atoms with E-state index in [1.54, 1.807) is 48.7 Å². The van der Waals surface area contributed by atoms with Gasteiger partial charge >= 0.3 is 0 Å². The average Bonchev–Trinajstić information content (AvgIpc) is 2.79. The number of allylic oxidation sites excluding steroid dienone is 1. The van der Waals surface area contributed by atoms with E-state index in [4.69, 9.17) is 0 Å². The zero-order valence-electron chi connectivity index (χ0n) is 17.0. The van der Waals surface area contributed by atoms with E-state index in [9.17, 15) is 18.5 Å². The number of anilines is 1. The molecule has 0 bridgehead atoms. The van der Waals surface area contributed by atoms with Gasteiger partial charge in [-0.15, -0.1) is 0 Å². The number of sulfone groups is 1. The number of fused-ring (bicyclic) bond motifs is 1. The molecule has 31 heavy (non-hydrogen) atoms. The first-order valence-electron chi connectivity index (χ1n) is 9.78. The zero-order chi connectivity index (χ0) is 22.0. The molecule has 0 aliphatic carbocycles. The molecule has 1 aliphatic rings. The second-order valence-electron chi connectivity index (χ2n) is 7.31. The van der Waals surface area contributed by atoms with Crippen molar-refractivity contribution in [2.45, 2.75) is 4.90 Å². The molecule has 1 fully saturated rings. The van der Waals surface area contributed by atoms with Crippen LogP contribution < -0.4 is 10.5 Å². The number of nitrogens with zero attached hydrogens (tertiary/aromatic N) is 5. The molecule has 3 heterocycles. The molecule has 1 aromatic carbocycles. The minimum atomic E-state index is -4.08. The molecule has 0 atom stereocenters. The summed E-state index contributed by atoms with van der Waals surface area (Å²) >= 11 is 0. The maximum absolute atomic E-state index is 13.3. The van der Waals surface area contributed by atoms with Gasteiger partial charge in [0.15, 0.2) is 0 Å². The molecule has 158 valence electrons. The number of piperazine rings is 1. The fourth-order valence-electron chi connectivity index (χ4n) is 3.50. The highest BCUT2D eigenvalue weighted by Gasteiger charge is 2.25. The van der Waals surface area contributed by atoms with Crippen molar-refractivity contribution < 1.29 is 8.42 Å². The maximum atomic E-state index is 13.3. The smallest absolute Gasteiger partial charge is 0.267 e. The summed E-state index contributed by atoms with van der Waals surface area (Å²) in [5.41, 5.74) is 0.128. The number of hydrogen-bond donors (Lipinski definition) is 0. The molecule has 4 rings (SSSR count). The van der Waals surface area contributed by atoms with E-state index in [1.165, 1.54) is 16.5 Å². The Hall–Kier alpha value is -3.48. The fourth-order valence-corrected chi connectivity index (χ4v) is 4.67. The molecule has 0 spiro atoms. The van der Waals surface area contributed by atoms with Crippen LogP contribution in [0.15, 0.2) is 69.3 Å². The Balaban J connectivity index is 1.93. The van der Waals surface area contributed by atoms with Crippen LogP contribution in [0.25, 0.3) is 11.7 Å². The Morgan fingerprint density at radius 1 is 1.06 bits per heavy atom. The van der Waals surface area contributed by atoms with Gasteiger partial charge in [-0.05, 0) is 37.4 Å². The summed E-state index contributed by atoms with van der Waals surface area (Å²) in [4.78, 5) is 21.6. The lowest BCUT2D eigenvalue weighted by atomic mass is 10.2. The van der Waals surface area contributed by atoms with Crippen molar-refractivity contribution in [2.75, 3.05) is 38.1 Å². The SMILES string of the molecule is CN1CCN(c2nc3ccccn3c(=O)c2/C=C(\C#N)S(=O)(=O)c2ccccc2)CC1. The van der Waals surface area contributed by atoms with Crippen LogP contribution in [0.4, 0.5) is 5.82 Å². The number of aromatic nitrogens is 2. The van der Waals surface area contributed by atoms with Crippen LogP contribution in [0.3, 0.4) is 0 Å². The molecular weight excluding hydrogens is 414 g/mol. The van der Waals surface area contributed by atoms with E-state index in [2.05, 4.69) is 9.88 Å². The first kappa shape index (κ1) is 20.8. The molecule has 2 aromatic heterocycles. The van der Waals surface area contributed by atoms with Crippen molar-refractivity contribution in [3.63, 3.8) is 0 Å². The van der Waals surface area contributed by atoms with Crippen molar-refractivity contribution in [3.8, 4) is 6.07 Å². The summed E-state index contributed by atoms with van der Waals surface area (Å²) in [6.07, 6.45) is 2.73. The van der Waals surface area contributed by atoms with Crippen molar-refractivity contribution in [1.29, 1.82) is 5.26 Å². The molecule has 9 heteroatoms. The second-order valence-corrected chi connectivity index (χ2v) is 9.23. The van der Waals surface area contributed by atoms with E-state index in [1.807, 2.05) is 11.9 Å². The Labute approximate surface area is 180 Å². The van der Waals surface area contributed by atoms with Crippen molar-refractivity contribution in [1.82, 2.24) is 14.3 Å². The van der Waals surface area contributed by atoms with Gasteiger partial charge in [0, 0.05) is 32.4 Å². The number of nitriles is 1. The van der Waals surface area contributed by atoms with Crippen LogP contribution in [-0.4, -0.2) is 55.9 Å². The Morgan fingerprint density at radius 2 is 1.74 bits per heavy atom. The number of pyridine rings is 1. The van der Waals surface area contributed by atoms with Gasteiger partial charge in [0.2, 0.25) is 9.84 Å². The van der Waals surface area contributed by atoms with Crippen LogP contribution in [-0.2, 0) is 9.84 Å². The van der Waals surface area contributed by atoms with Crippen molar-refractivity contribution in [2.24, 2.45) is 0 Å². The first-order valence-corrected chi connectivity index (χ1v) is 11.3. The van der Waals surface area contributed by atoms with Gasteiger partial charge in [-0.3, -0.25) is 9.20 Å². The molecule has 0 amide bonds. The second kappa shape index (κ2) is 8.34. The Bertz CT molecular complexity index is 1350. The van der Waals surface area contributed by atoms with Gasteiger partial charge in [0.1, 0.15) is 22.4 Å².